The summed E-state index contributed by atoms with van der Waals surface area (Å²) in [7, 11) is 0. The minimum Gasteiger partial charge on any atom is -0.289 e. The second-order valence-corrected chi connectivity index (χ2v) is 6.77. The first-order valence-corrected chi connectivity index (χ1v) is 9.21. The van der Waals surface area contributed by atoms with Crippen molar-refractivity contribution in [3.8, 4) is 11.1 Å². The number of benzene rings is 3. The molecule has 0 amide bonds. The third-order valence-corrected chi connectivity index (χ3v) is 4.92. The smallest absolute Gasteiger partial charge is 0.289 e. The minimum absolute atomic E-state index is 0.178. The SMILES string of the molecule is C=Cc1ccc(C(=O)c2cnc3c(C(F)(F)F)cccc3c2-c2ccccc2)cc1. The van der Waals surface area contributed by atoms with Gasteiger partial charge in [-0.15, -0.1) is 0 Å². The quantitative estimate of drug-likeness (QED) is 0.351. The standard InChI is InChI=1S/C25H16F3NO/c1-2-16-11-13-18(14-12-16)24(30)20-15-29-23-19(9-6-10-21(23)25(26,27)28)22(20)17-7-4-3-5-8-17/h2-15H,1H2. The van der Waals surface area contributed by atoms with Gasteiger partial charge in [-0.2, -0.15) is 13.2 Å². The van der Waals surface area contributed by atoms with Gasteiger partial charge in [0.15, 0.2) is 5.78 Å². The van der Waals surface area contributed by atoms with Crippen LogP contribution < -0.4 is 0 Å². The number of rotatable bonds is 4. The topological polar surface area (TPSA) is 30.0 Å². The summed E-state index contributed by atoms with van der Waals surface area (Å²) in [4.78, 5) is 17.3. The number of nitrogens with zero attached hydrogens (tertiary/aromatic N) is 1. The summed E-state index contributed by atoms with van der Waals surface area (Å²) >= 11 is 0. The van der Waals surface area contributed by atoms with E-state index in [9.17, 15) is 18.0 Å². The Morgan fingerprint density at radius 3 is 2.23 bits per heavy atom. The zero-order valence-corrected chi connectivity index (χ0v) is 15.8. The van der Waals surface area contributed by atoms with Crippen LogP contribution in [-0.4, -0.2) is 10.8 Å². The predicted octanol–water partition coefficient (Wildman–Crippen LogP) is 6.79. The van der Waals surface area contributed by atoms with E-state index < -0.39 is 11.7 Å². The normalized spacial score (nSPS) is 11.4. The van der Waals surface area contributed by atoms with E-state index in [1.54, 1.807) is 60.7 Å². The molecule has 1 heterocycles. The molecule has 2 nitrogen and oxygen atoms in total. The Bertz CT molecular complexity index is 1240. The molecule has 1 aromatic heterocycles. The highest BCUT2D eigenvalue weighted by Crippen LogP contribution is 2.38. The van der Waals surface area contributed by atoms with Gasteiger partial charge in [0, 0.05) is 28.3 Å². The maximum atomic E-state index is 13.5. The largest absolute Gasteiger partial charge is 0.418 e. The molecule has 0 N–H and O–H groups in total. The Labute approximate surface area is 171 Å². The van der Waals surface area contributed by atoms with Crippen LogP contribution in [0.15, 0.2) is 85.6 Å². The van der Waals surface area contributed by atoms with E-state index in [2.05, 4.69) is 11.6 Å². The molecule has 0 radical (unpaired) electrons. The first-order valence-electron chi connectivity index (χ1n) is 9.21. The third-order valence-electron chi connectivity index (χ3n) is 4.92. The molecule has 4 rings (SSSR count). The van der Waals surface area contributed by atoms with Gasteiger partial charge in [-0.05, 0) is 17.2 Å². The number of carbonyl (C=O) groups excluding carboxylic acids is 1. The van der Waals surface area contributed by atoms with Crippen LogP contribution in [0.25, 0.3) is 28.1 Å². The second-order valence-electron chi connectivity index (χ2n) is 6.77. The van der Waals surface area contributed by atoms with Gasteiger partial charge in [0.05, 0.1) is 11.1 Å². The Kier molecular flexibility index (Phi) is 4.96. The highest BCUT2D eigenvalue weighted by atomic mass is 19.4. The molecule has 148 valence electrons. The molecular weight excluding hydrogens is 387 g/mol. The Hall–Kier alpha value is -3.73. The summed E-state index contributed by atoms with van der Waals surface area (Å²) in [5, 5.41) is 0.282. The van der Waals surface area contributed by atoms with Gasteiger partial charge in [0.1, 0.15) is 0 Å². The van der Waals surface area contributed by atoms with E-state index in [1.807, 2.05) is 6.07 Å². The van der Waals surface area contributed by atoms with Crippen LogP contribution in [-0.2, 0) is 6.18 Å². The van der Waals surface area contributed by atoms with Crippen molar-refractivity contribution in [1.29, 1.82) is 0 Å². The Balaban J connectivity index is 2.00. The van der Waals surface area contributed by atoms with E-state index in [1.165, 1.54) is 12.3 Å². The van der Waals surface area contributed by atoms with Crippen LogP contribution in [0.2, 0.25) is 0 Å². The molecule has 3 aromatic carbocycles. The molecule has 0 fully saturated rings. The molecule has 4 aromatic rings. The number of hydrogen-bond acceptors (Lipinski definition) is 2. The van der Waals surface area contributed by atoms with Gasteiger partial charge in [-0.25, -0.2) is 0 Å². The first-order chi connectivity index (χ1) is 14.4. The fourth-order valence-corrected chi connectivity index (χ4v) is 3.47. The van der Waals surface area contributed by atoms with Gasteiger partial charge in [0.2, 0.25) is 0 Å². The fraction of sp³-hybridized carbons (Fsp3) is 0.0400. The van der Waals surface area contributed by atoms with E-state index in [0.29, 0.717) is 16.7 Å². The highest BCUT2D eigenvalue weighted by Gasteiger charge is 2.34. The zero-order chi connectivity index (χ0) is 21.3. The molecule has 0 bridgehead atoms. The summed E-state index contributed by atoms with van der Waals surface area (Å²) in [6, 6.07) is 19.7. The molecule has 0 saturated carbocycles. The first kappa shape index (κ1) is 19.6. The van der Waals surface area contributed by atoms with Crippen LogP contribution in [0.4, 0.5) is 13.2 Å². The van der Waals surface area contributed by atoms with E-state index in [0.717, 1.165) is 11.6 Å². The van der Waals surface area contributed by atoms with Crippen LogP contribution >= 0.6 is 0 Å². The van der Waals surface area contributed by atoms with Crippen LogP contribution in [0.5, 0.6) is 0 Å². The van der Waals surface area contributed by atoms with Crippen molar-refractivity contribution in [2.45, 2.75) is 6.18 Å². The molecule has 0 saturated heterocycles. The lowest BCUT2D eigenvalue weighted by Gasteiger charge is -2.15. The van der Waals surface area contributed by atoms with Crippen molar-refractivity contribution in [3.05, 3.63) is 108 Å². The average Bonchev–Trinajstić information content (AvgIpc) is 2.77. The molecular formula is C25H16F3NO. The number of aromatic nitrogens is 1. The van der Waals surface area contributed by atoms with Crippen LogP contribution in [0.3, 0.4) is 0 Å². The number of ketones is 1. The number of alkyl halides is 3. The summed E-state index contributed by atoms with van der Waals surface area (Å²) in [6.45, 7) is 3.69. The van der Waals surface area contributed by atoms with E-state index in [4.69, 9.17) is 0 Å². The molecule has 0 aliphatic rings. The lowest BCUT2D eigenvalue weighted by Crippen LogP contribution is -2.09. The number of halogens is 3. The number of hydrogen-bond donors (Lipinski definition) is 0. The Morgan fingerprint density at radius 2 is 1.60 bits per heavy atom. The third kappa shape index (κ3) is 3.50. The van der Waals surface area contributed by atoms with E-state index in [-0.39, 0.29) is 22.2 Å². The van der Waals surface area contributed by atoms with Crippen molar-refractivity contribution in [3.63, 3.8) is 0 Å². The van der Waals surface area contributed by atoms with Gasteiger partial charge < -0.3 is 0 Å². The number of fused-ring (bicyclic) bond motifs is 1. The second kappa shape index (κ2) is 7.59. The zero-order valence-electron chi connectivity index (χ0n) is 15.8. The molecule has 0 atom stereocenters. The summed E-state index contributed by atoms with van der Waals surface area (Å²) < 4.78 is 40.6. The number of para-hydroxylation sites is 1. The summed E-state index contributed by atoms with van der Waals surface area (Å²) in [5.74, 6) is -0.309. The maximum Gasteiger partial charge on any atom is 0.418 e. The molecule has 30 heavy (non-hydrogen) atoms. The van der Waals surface area contributed by atoms with Crippen LogP contribution in [0, 0.1) is 0 Å². The molecule has 0 unspecified atom stereocenters. The van der Waals surface area contributed by atoms with Crippen molar-refractivity contribution < 1.29 is 18.0 Å². The monoisotopic (exact) mass is 403 g/mol. The average molecular weight is 403 g/mol. The Morgan fingerprint density at radius 1 is 0.900 bits per heavy atom. The van der Waals surface area contributed by atoms with E-state index >= 15 is 0 Å². The van der Waals surface area contributed by atoms with Gasteiger partial charge in [0.25, 0.3) is 0 Å². The van der Waals surface area contributed by atoms with Crippen molar-refractivity contribution in [1.82, 2.24) is 4.98 Å². The molecule has 0 spiro atoms. The molecule has 0 aliphatic heterocycles. The van der Waals surface area contributed by atoms with Crippen molar-refractivity contribution in [2.24, 2.45) is 0 Å². The van der Waals surface area contributed by atoms with Gasteiger partial charge in [-0.1, -0.05) is 79.4 Å². The highest BCUT2D eigenvalue weighted by molar-refractivity contribution is 6.16. The summed E-state index contributed by atoms with van der Waals surface area (Å²) in [6.07, 6.45) is -1.64. The van der Waals surface area contributed by atoms with Gasteiger partial charge >= 0.3 is 6.18 Å². The minimum atomic E-state index is -4.55. The predicted molar refractivity (Wildman–Crippen MR) is 112 cm³/mol. The number of carbonyl (C=O) groups is 1. The van der Waals surface area contributed by atoms with Crippen molar-refractivity contribution >= 4 is 22.8 Å². The maximum absolute atomic E-state index is 13.5. The van der Waals surface area contributed by atoms with Crippen molar-refractivity contribution in [2.75, 3.05) is 0 Å². The number of pyridine rings is 1. The fourth-order valence-electron chi connectivity index (χ4n) is 3.47. The lowest BCUT2D eigenvalue weighted by atomic mass is 9.91. The van der Waals surface area contributed by atoms with Crippen LogP contribution in [0.1, 0.15) is 27.0 Å². The molecule has 0 aliphatic carbocycles. The van der Waals surface area contributed by atoms with Gasteiger partial charge in [-0.3, -0.25) is 9.78 Å². The molecule has 5 heteroatoms. The summed E-state index contributed by atoms with van der Waals surface area (Å²) in [5.41, 5.74) is 1.61. The lowest BCUT2D eigenvalue weighted by molar-refractivity contribution is -0.136.